The SMILES string of the molecule is CCOCCCCNC(=NC)N1CCC(COCc2ccccc2)C1.I. The molecule has 0 spiro atoms. The van der Waals surface area contributed by atoms with E-state index >= 15 is 0 Å². The number of benzene rings is 1. The first-order valence-corrected chi connectivity index (χ1v) is 9.48. The molecule has 0 aliphatic carbocycles. The second-order valence-electron chi connectivity index (χ2n) is 6.48. The fourth-order valence-electron chi connectivity index (χ4n) is 3.08. The van der Waals surface area contributed by atoms with Crippen LogP contribution in [0.1, 0.15) is 31.7 Å². The van der Waals surface area contributed by atoms with E-state index in [-0.39, 0.29) is 24.0 Å². The van der Waals surface area contributed by atoms with E-state index in [2.05, 4.69) is 39.5 Å². The van der Waals surface area contributed by atoms with Crippen LogP contribution in [-0.2, 0) is 16.1 Å². The zero-order valence-electron chi connectivity index (χ0n) is 16.2. The van der Waals surface area contributed by atoms with Crippen LogP contribution in [0.3, 0.4) is 0 Å². The lowest BCUT2D eigenvalue weighted by atomic mass is 10.1. The van der Waals surface area contributed by atoms with Crippen molar-refractivity contribution in [2.24, 2.45) is 10.9 Å². The molecule has 1 atom stereocenters. The van der Waals surface area contributed by atoms with Crippen molar-refractivity contribution >= 4 is 29.9 Å². The zero-order valence-corrected chi connectivity index (χ0v) is 18.5. The van der Waals surface area contributed by atoms with Gasteiger partial charge in [0.1, 0.15) is 0 Å². The smallest absolute Gasteiger partial charge is 0.193 e. The van der Waals surface area contributed by atoms with Crippen molar-refractivity contribution in [3.63, 3.8) is 0 Å². The van der Waals surface area contributed by atoms with Gasteiger partial charge in [0.15, 0.2) is 5.96 Å². The van der Waals surface area contributed by atoms with Crippen molar-refractivity contribution < 1.29 is 9.47 Å². The third-order valence-corrected chi connectivity index (χ3v) is 4.46. The Hall–Kier alpha value is -0.860. The van der Waals surface area contributed by atoms with Crippen LogP contribution in [0.4, 0.5) is 0 Å². The molecule has 0 aromatic heterocycles. The fraction of sp³-hybridized carbons (Fsp3) is 0.650. The summed E-state index contributed by atoms with van der Waals surface area (Å²) in [5.41, 5.74) is 1.24. The van der Waals surface area contributed by atoms with Gasteiger partial charge in [0, 0.05) is 45.8 Å². The summed E-state index contributed by atoms with van der Waals surface area (Å²) in [5, 5.41) is 3.47. The van der Waals surface area contributed by atoms with Crippen molar-refractivity contribution in [2.75, 3.05) is 46.5 Å². The van der Waals surface area contributed by atoms with Crippen LogP contribution in [0.2, 0.25) is 0 Å². The highest BCUT2D eigenvalue weighted by atomic mass is 127. The molecule has 0 radical (unpaired) electrons. The topological polar surface area (TPSA) is 46.1 Å². The number of hydrogen-bond donors (Lipinski definition) is 1. The number of nitrogens with zero attached hydrogens (tertiary/aromatic N) is 2. The number of rotatable bonds is 10. The molecule has 148 valence electrons. The first-order valence-electron chi connectivity index (χ1n) is 9.48. The van der Waals surface area contributed by atoms with Gasteiger partial charge in [-0.25, -0.2) is 0 Å². The maximum atomic E-state index is 5.90. The van der Waals surface area contributed by atoms with Gasteiger partial charge in [-0.2, -0.15) is 0 Å². The number of nitrogens with one attached hydrogen (secondary N) is 1. The summed E-state index contributed by atoms with van der Waals surface area (Å²) >= 11 is 0. The first kappa shape index (κ1) is 23.2. The van der Waals surface area contributed by atoms with Crippen LogP contribution in [0.15, 0.2) is 35.3 Å². The highest BCUT2D eigenvalue weighted by Crippen LogP contribution is 2.17. The summed E-state index contributed by atoms with van der Waals surface area (Å²) in [4.78, 5) is 6.77. The van der Waals surface area contributed by atoms with E-state index in [1.807, 2.05) is 20.0 Å². The molecule has 26 heavy (non-hydrogen) atoms. The number of aliphatic imine (C=N–C) groups is 1. The molecule has 1 saturated heterocycles. The first-order chi connectivity index (χ1) is 12.3. The van der Waals surface area contributed by atoms with E-state index in [0.29, 0.717) is 12.5 Å². The van der Waals surface area contributed by atoms with E-state index in [1.54, 1.807) is 0 Å². The maximum Gasteiger partial charge on any atom is 0.193 e. The Kier molecular flexibility index (Phi) is 12.7. The highest BCUT2D eigenvalue weighted by molar-refractivity contribution is 14.0. The third-order valence-electron chi connectivity index (χ3n) is 4.46. The molecule has 1 N–H and O–H groups in total. The molecule has 1 aliphatic heterocycles. The van der Waals surface area contributed by atoms with Crippen molar-refractivity contribution in [2.45, 2.75) is 32.8 Å². The molecule has 1 heterocycles. The predicted octanol–water partition coefficient (Wildman–Crippen LogP) is 3.54. The number of unbranched alkanes of at least 4 members (excludes halogenated alkanes) is 1. The largest absolute Gasteiger partial charge is 0.382 e. The van der Waals surface area contributed by atoms with Crippen LogP contribution < -0.4 is 5.32 Å². The van der Waals surface area contributed by atoms with E-state index in [4.69, 9.17) is 9.47 Å². The minimum Gasteiger partial charge on any atom is -0.382 e. The quantitative estimate of drug-likeness (QED) is 0.244. The third kappa shape index (κ3) is 8.68. The highest BCUT2D eigenvalue weighted by Gasteiger charge is 2.24. The number of likely N-dealkylation sites (tertiary alicyclic amines) is 1. The van der Waals surface area contributed by atoms with Gasteiger partial charge < -0.3 is 19.7 Å². The van der Waals surface area contributed by atoms with Gasteiger partial charge in [-0.15, -0.1) is 24.0 Å². The number of ether oxygens (including phenoxy) is 2. The van der Waals surface area contributed by atoms with Crippen LogP contribution in [0.5, 0.6) is 0 Å². The van der Waals surface area contributed by atoms with E-state index < -0.39 is 0 Å². The lowest BCUT2D eigenvalue weighted by molar-refractivity contribution is 0.0906. The lowest BCUT2D eigenvalue weighted by Gasteiger charge is -2.21. The van der Waals surface area contributed by atoms with E-state index in [1.165, 1.54) is 12.0 Å². The summed E-state index contributed by atoms with van der Waals surface area (Å²) in [5.74, 6) is 1.60. The van der Waals surface area contributed by atoms with Crippen LogP contribution in [0, 0.1) is 5.92 Å². The van der Waals surface area contributed by atoms with Crippen LogP contribution in [0.25, 0.3) is 0 Å². The van der Waals surface area contributed by atoms with Gasteiger partial charge in [0.25, 0.3) is 0 Å². The maximum absolute atomic E-state index is 5.90. The van der Waals surface area contributed by atoms with Gasteiger partial charge in [0.05, 0.1) is 13.2 Å². The second kappa shape index (κ2) is 14.2. The predicted molar refractivity (Wildman–Crippen MR) is 118 cm³/mol. The Morgan fingerprint density at radius 1 is 1.23 bits per heavy atom. The Morgan fingerprint density at radius 2 is 2.04 bits per heavy atom. The summed E-state index contributed by atoms with van der Waals surface area (Å²) in [6.45, 7) is 8.23. The van der Waals surface area contributed by atoms with Crippen molar-refractivity contribution in [3.8, 4) is 0 Å². The summed E-state index contributed by atoms with van der Waals surface area (Å²) in [6, 6.07) is 10.4. The second-order valence-corrected chi connectivity index (χ2v) is 6.48. The van der Waals surface area contributed by atoms with Crippen LogP contribution in [-0.4, -0.2) is 57.4 Å². The molecule has 0 saturated carbocycles. The average molecular weight is 475 g/mol. The molecule has 1 aromatic rings. The van der Waals surface area contributed by atoms with Gasteiger partial charge in [-0.3, -0.25) is 4.99 Å². The Morgan fingerprint density at radius 3 is 2.77 bits per heavy atom. The zero-order chi connectivity index (χ0) is 17.7. The van der Waals surface area contributed by atoms with Crippen molar-refractivity contribution in [1.82, 2.24) is 10.2 Å². The van der Waals surface area contributed by atoms with Crippen molar-refractivity contribution in [3.05, 3.63) is 35.9 Å². The molecule has 1 unspecified atom stereocenters. The molecular weight excluding hydrogens is 441 g/mol. The molecule has 5 nitrogen and oxygen atoms in total. The number of guanidine groups is 1. The molecule has 1 aromatic carbocycles. The molecule has 0 bridgehead atoms. The molecule has 1 aliphatic rings. The van der Waals surface area contributed by atoms with Gasteiger partial charge in [0.2, 0.25) is 0 Å². The molecular formula is C20H34IN3O2. The molecule has 2 rings (SSSR count). The lowest BCUT2D eigenvalue weighted by Crippen LogP contribution is -2.40. The Bertz CT molecular complexity index is 499. The summed E-state index contributed by atoms with van der Waals surface area (Å²) < 4.78 is 11.3. The normalized spacial score (nSPS) is 17.2. The summed E-state index contributed by atoms with van der Waals surface area (Å²) in [6.07, 6.45) is 3.37. The Labute approximate surface area is 175 Å². The summed E-state index contributed by atoms with van der Waals surface area (Å²) in [7, 11) is 1.86. The standard InChI is InChI=1S/C20H33N3O2.HI/c1-3-24-14-8-7-12-22-20(21-2)23-13-11-19(15-23)17-25-16-18-9-5-4-6-10-18;/h4-6,9-10,19H,3,7-8,11-17H2,1-2H3,(H,21,22);1H. The molecule has 0 amide bonds. The minimum atomic E-state index is 0. The number of hydrogen-bond acceptors (Lipinski definition) is 3. The van der Waals surface area contributed by atoms with E-state index in [0.717, 1.165) is 58.3 Å². The van der Waals surface area contributed by atoms with Crippen molar-refractivity contribution in [1.29, 1.82) is 0 Å². The van der Waals surface area contributed by atoms with Gasteiger partial charge in [-0.05, 0) is 31.7 Å². The number of halogens is 1. The van der Waals surface area contributed by atoms with Gasteiger partial charge >= 0.3 is 0 Å². The Balaban J connectivity index is 0.00000338. The fourth-order valence-corrected chi connectivity index (χ4v) is 3.08. The van der Waals surface area contributed by atoms with E-state index in [9.17, 15) is 0 Å². The van der Waals surface area contributed by atoms with Gasteiger partial charge in [-0.1, -0.05) is 30.3 Å². The minimum absolute atomic E-state index is 0. The average Bonchev–Trinajstić information content (AvgIpc) is 3.11. The van der Waals surface area contributed by atoms with Crippen LogP contribution >= 0.6 is 24.0 Å². The molecule has 6 heteroatoms. The monoisotopic (exact) mass is 475 g/mol. The molecule has 1 fully saturated rings.